The van der Waals surface area contributed by atoms with Gasteiger partial charge in [0.2, 0.25) is 5.91 Å². The molecule has 1 atom stereocenters. The Hall–Kier alpha value is -1.50. The van der Waals surface area contributed by atoms with Gasteiger partial charge >= 0.3 is 5.97 Å². The second kappa shape index (κ2) is 7.81. The molecule has 1 aliphatic rings. The normalized spacial score (nSPS) is 14.0. The van der Waals surface area contributed by atoms with Gasteiger partial charge in [-0.3, -0.25) is 4.79 Å². The molecular weight excluding hydrogens is 378 g/mol. The summed E-state index contributed by atoms with van der Waals surface area (Å²) in [6.07, 6.45) is 2.86. The summed E-state index contributed by atoms with van der Waals surface area (Å²) in [5, 5.41) is 3.88. The lowest BCUT2D eigenvalue weighted by molar-refractivity contribution is -0.115. The molecule has 25 heavy (non-hydrogen) atoms. The number of amides is 1. The summed E-state index contributed by atoms with van der Waals surface area (Å²) >= 11 is 8.82. The zero-order valence-electron chi connectivity index (χ0n) is 13.9. The van der Waals surface area contributed by atoms with Gasteiger partial charge < -0.3 is 10.1 Å². The van der Waals surface area contributed by atoms with Crippen LogP contribution in [0.15, 0.2) is 29.2 Å². The van der Waals surface area contributed by atoms with Crippen LogP contribution in [0, 0.1) is 0 Å². The monoisotopic (exact) mass is 395 g/mol. The maximum atomic E-state index is 12.6. The number of rotatable bonds is 5. The number of aryl methyl sites for hydroxylation is 1. The smallest absolute Gasteiger partial charge is 0.341 e. The Morgan fingerprint density at radius 3 is 2.68 bits per heavy atom. The molecule has 0 aliphatic heterocycles. The topological polar surface area (TPSA) is 55.4 Å². The third kappa shape index (κ3) is 4.02. The Morgan fingerprint density at radius 1 is 1.28 bits per heavy atom. The Kier molecular flexibility index (Phi) is 5.71. The molecule has 3 rings (SSSR count). The highest BCUT2D eigenvalue weighted by atomic mass is 35.5. The van der Waals surface area contributed by atoms with Gasteiger partial charge in [0.15, 0.2) is 0 Å². The number of hydrogen-bond donors (Lipinski definition) is 1. The number of esters is 1. The van der Waals surface area contributed by atoms with Gasteiger partial charge in [0.1, 0.15) is 5.00 Å². The fraction of sp³-hybridized carbons (Fsp3) is 0.333. The molecule has 1 aliphatic carbocycles. The summed E-state index contributed by atoms with van der Waals surface area (Å²) in [7, 11) is 1.37. The predicted octanol–water partition coefficient (Wildman–Crippen LogP) is 4.80. The zero-order valence-corrected chi connectivity index (χ0v) is 16.3. The third-order valence-electron chi connectivity index (χ3n) is 4.04. The molecule has 132 valence electrons. The predicted molar refractivity (Wildman–Crippen MR) is 103 cm³/mol. The molecule has 2 aromatic rings. The van der Waals surface area contributed by atoms with Gasteiger partial charge in [0.25, 0.3) is 0 Å². The number of carbonyl (C=O) groups excluding carboxylic acids is 2. The van der Waals surface area contributed by atoms with Crippen molar-refractivity contribution in [3.8, 4) is 0 Å². The molecule has 4 nitrogen and oxygen atoms in total. The van der Waals surface area contributed by atoms with E-state index in [0.717, 1.165) is 29.7 Å². The Labute approximate surface area is 159 Å². The second-order valence-electron chi connectivity index (χ2n) is 5.76. The first-order valence-electron chi connectivity index (χ1n) is 7.95. The fourth-order valence-electron chi connectivity index (χ4n) is 2.79. The van der Waals surface area contributed by atoms with E-state index < -0.39 is 0 Å². The first-order chi connectivity index (χ1) is 12.0. The maximum Gasteiger partial charge on any atom is 0.341 e. The van der Waals surface area contributed by atoms with Gasteiger partial charge in [-0.25, -0.2) is 4.79 Å². The molecule has 0 fully saturated rings. The molecule has 1 aromatic heterocycles. The standard InChI is InChI=1S/C18H18ClNO3S2/c1-10(24-12-8-6-11(19)7-9-12)16(21)20-17-15(18(22)23-2)13-4-3-5-14(13)25-17/h6-10H,3-5H2,1-2H3,(H,20,21)/t10-/m0/s1. The molecule has 1 heterocycles. The number of hydrogen-bond acceptors (Lipinski definition) is 5. The van der Waals surface area contributed by atoms with E-state index >= 15 is 0 Å². The average molecular weight is 396 g/mol. The molecular formula is C18H18ClNO3S2. The van der Waals surface area contributed by atoms with Crippen molar-refractivity contribution in [3.05, 3.63) is 45.3 Å². The van der Waals surface area contributed by atoms with Crippen LogP contribution in [0.3, 0.4) is 0 Å². The van der Waals surface area contributed by atoms with Crippen LogP contribution in [0.25, 0.3) is 0 Å². The first-order valence-corrected chi connectivity index (χ1v) is 10.0. The van der Waals surface area contributed by atoms with E-state index in [-0.39, 0.29) is 17.1 Å². The van der Waals surface area contributed by atoms with Crippen LogP contribution >= 0.6 is 34.7 Å². The number of methoxy groups -OCH3 is 1. The van der Waals surface area contributed by atoms with Crippen LogP contribution in [0.2, 0.25) is 5.02 Å². The number of anilines is 1. The number of benzene rings is 1. The summed E-state index contributed by atoms with van der Waals surface area (Å²) in [5.41, 5.74) is 1.56. The van der Waals surface area contributed by atoms with Crippen LogP contribution in [-0.4, -0.2) is 24.2 Å². The Balaban J connectivity index is 1.74. The van der Waals surface area contributed by atoms with Gasteiger partial charge in [0.05, 0.1) is 17.9 Å². The van der Waals surface area contributed by atoms with Crippen molar-refractivity contribution in [1.82, 2.24) is 0 Å². The molecule has 1 aromatic carbocycles. The highest BCUT2D eigenvalue weighted by Gasteiger charge is 2.28. The highest BCUT2D eigenvalue weighted by Crippen LogP contribution is 2.39. The fourth-order valence-corrected chi connectivity index (χ4v) is 5.07. The van der Waals surface area contributed by atoms with Crippen molar-refractivity contribution in [1.29, 1.82) is 0 Å². The maximum absolute atomic E-state index is 12.6. The number of thiophene rings is 1. The minimum Gasteiger partial charge on any atom is -0.465 e. The lowest BCUT2D eigenvalue weighted by Crippen LogP contribution is -2.23. The van der Waals surface area contributed by atoms with E-state index in [2.05, 4.69) is 5.32 Å². The van der Waals surface area contributed by atoms with E-state index in [4.69, 9.17) is 16.3 Å². The van der Waals surface area contributed by atoms with Crippen LogP contribution in [0.5, 0.6) is 0 Å². The lowest BCUT2D eigenvalue weighted by Gasteiger charge is -2.12. The summed E-state index contributed by atoms with van der Waals surface area (Å²) < 4.78 is 4.91. The van der Waals surface area contributed by atoms with Crippen molar-refractivity contribution < 1.29 is 14.3 Å². The number of nitrogens with one attached hydrogen (secondary N) is 1. The number of fused-ring (bicyclic) bond motifs is 1. The molecule has 0 bridgehead atoms. The van der Waals surface area contributed by atoms with Crippen molar-refractivity contribution in [2.45, 2.75) is 36.3 Å². The number of halogens is 1. The molecule has 0 saturated carbocycles. The summed E-state index contributed by atoms with van der Waals surface area (Å²) in [6, 6.07) is 7.37. The highest BCUT2D eigenvalue weighted by molar-refractivity contribution is 8.00. The Morgan fingerprint density at radius 2 is 2.00 bits per heavy atom. The molecule has 1 N–H and O–H groups in total. The second-order valence-corrected chi connectivity index (χ2v) is 8.71. The molecule has 1 amide bonds. The molecule has 0 radical (unpaired) electrons. The first kappa shape index (κ1) is 18.3. The van der Waals surface area contributed by atoms with Gasteiger partial charge in [0, 0.05) is 14.8 Å². The largest absolute Gasteiger partial charge is 0.465 e. The van der Waals surface area contributed by atoms with E-state index in [1.807, 2.05) is 19.1 Å². The molecule has 0 saturated heterocycles. The van der Waals surface area contributed by atoms with Crippen molar-refractivity contribution >= 4 is 51.6 Å². The van der Waals surface area contributed by atoms with E-state index in [0.29, 0.717) is 15.6 Å². The van der Waals surface area contributed by atoms with E-state index in [1.165, 1.54) is 35.1 Å². The summed E-state index contributed by atoms with van der Waals surface area (Å²) in [6.45, 7) is 1.84. The van der Waals surface area contributed by atoms with Gasteiger partial charge in [-0.05, 0) is 56.0 Å². The SMILES string of the molecule is COC(=O)c1c(NC(=O)[C@H](C)Sc2ccc(Cl)cc2)sc2c1CCC2. The van der Waals surface area contributed by atoms with Gasteiger partial charge in [-0.15, -0.1) is 23.1 Å². The lowest BCUT2D eigenvalue weighted by atomic mass is 10.1. The summed E-state index contributed by atoms with van der Waals surface area (Å²) in [5.74, 6) is -0.516. The third-order valence-corrected chi connectivity index (χ3v) is 6.61. The van der Waals surface area contributed by atoms with Crippen molar-refractivity contribution in [2.24, 2.45) is 0 Å². The van der Waals surface area contributed by atoms with Gasteiger partial charge in [-0.1, -0.05) is 11.6 Å². The van der Waals surface area contributed by atoms with Crippen molar-refractivity contribution in [3.63, 3.8) is 0 Å². The number of thioether (sulfide) groups is 1. The Bertz CT molecular complexity index is 801. The average Bonchev–Trinajstić information content (AvgIpc) is 3.16. The van der Waals surface area contributed by atoms with Gasteiger partial charge in [-0.2, -0.15) is 0 Å². The van der Waals surface area contributed by atoms with Crippen LogP contribution in [-0.2, 0) is 22.4 Å². The number of ether oxygens (including phenoxy) is 1. The number of carbonyl (C=O) groups is 2. The zero-order chi connectivity index (χ0) is 18.0. The van der Waals surface area contributed by atoms with Crippen LogP contribution in [0.4, 0.5) is 5.00 Å². The molecule has 7 heteroatoms. The summed E-state index contributed by atoms with van der Waals surface area (Å²) in [4.78, 5) is 26.9. The quantitative estimate of drug-likeness (QED) is 0.583. The minimum atomic E-state index is -0.382. The van der Waals surface area contributed by atoms with Crippen molar-refractivity contribution in [2.75, 3.05) is 12.4 Å². The van der Waals surface area contributed by atoms with E-state index in [1.54, 1.807) is 12.1 Å². The molecule has 0 unspecified atom stereocenters. The minimum absolute atomic E-state index is 0.134. The molecule has 0 spiro atoms. The van der Waals surface area contributed by atoms with E-state index in [9.17, 15) is 9.59 Å². The van der Waals surface area contributed by atoms with Crippen LogP contribution in [0.1, 0.15) is 34.1 Å². The van der Waals surface area contributed by atoms with Crippen LogP contribution < -0.4 is 5.32 Å².